The number of benzene rings is 3. The Morgan fingerprint density at radius 2 is 1.37 bits per heavy atom. The van der Waals surface area contributed by atoms with Crippen LogP contribution in [0.4, 0.5) is 4.79 Å². The maximum Gasteiger partial charge on any atom is 0.442 e. The summed E-state index contributed by atoms with van der Waals surface area (Å²) in [6, 6.07) is 25.3. The standard InChI is InChI=1S/C29H32N2O6S/c1-29(2,3)37-28(34)31-38(35,24-17-11-6-12-18-24)21-26(32)30-25(19-22-13-7-4-8-14-22)27(33)36-20-23-15-9-5-10-16-23/h4-18,25H,19-21H2,1-3H3,(H,30,32)/t25-,38?/m0/s1. The molecule has 3 rings (SSSR count). The number of hydrogen-bond acceptors (Lipinski definition) is 6. The summed E-state index contributed by atoms with van der Waals surface area (Å²) in [5, 5.41) is 2.64. The Balaban J connectivity index is 1.82. The Morgan fingerprint density at radius 1 is 0.842 bits per heavy atom. The minimum absolute atomic E-state index is 0.0373. The number of ether oxygens (including phenoxy) is 2. The molecule has 8 nitrogen and oxygen atoms in total. The van der Waals surface area contributed by atoms with Crippen LogP contribution >= 0.6 is 0 Å². The molecule has 9 heteroatoms. The highest BCUT2D eigenvalue weighted by Gasteiger charge is 2.27. The maximum absolute atomic E-state index is 13.9. The monoisotopic (exact) mass is 536 g/mol. The number of nitrogens with one attached hydrogen (secondary N) is 1. The Kier molecular flexibility index (Phi) is 9.78. The van der Waals surface area contributed by atoms with Gasteiger partial charge in [-0.15, -0.1) is 4.36 Å². The average molecular weight is 537 g/mol. The van der Waals surface area contributed by atoms with Crippen molar-refractivity contribution in [1.29, 1.82) is 0 Å². The van der Waals surface area contributed by atoms with Crippen LogP contribution in [0.5, 0.6) is 0 Å². The predicted octanol–water partition coefficient (Wildman–Crippen LogP) is 4.92. The van der Waals surface area contributed by atoms with E-state index in [0.717, 1.165) is 11.1 Å². The van der Waals surface area contributed by atoms with Gasteiger partial charge < -0.3 is 14.8 Å². The average Bonchev–Trinajstić information content (AvgIpc) is 2.87. The third kappa shape index (κ3) is 9.15. The van der Waals surface area contributed by atoms with Crippen molar-refractivity contribution in [2.24, 2.45) is 4.36 Å². The summed E-state index contributed by atoms with van der Waals surface area (Å²) in [4.78, 5) is 38.8. The first-order valence-corrected chi connectivity index (χ1v) is 13.8. The number of carbonyl (C=O) groups excluding carboxylic acids is 3. The van der Waals surface area contributed by atoms with Crippen LogP contribution in [-0.4, -0.2) is 39.6 Å². The van der Waals surface area contributed by atoms with Crippen molar-refractivity contribution in [2.75, 3.05) is 5.75 Å². The molecule has 0 aliphatic heterocycles. The highest BCUT2D eigenvalue weighted by atomic mass is 32.2. The van der Waals surface area contributed by atoms with E-state index < -0.39 is 45.1 Å². The summed E-state index contributed by atoms with van der Waals surface area (Å²) in [6.45, 7) is 5.02. The Hall–Kier alpha value is -3.98. The van der Waals surface area contributed by atoms with Crippen molar-refractivity contribution >= 4 is 27.7 Å². The van der Waals surface area contributed by atoms with E-state index in [-0.39, 0.29) is 17.9 Å². The summed E-state index contributed by atoms with van der Waals surface area (Å²) in [5.74, 6) is -2.00. The SMILES string of the molecule is CC(C)(C)OC(=O)N=S(=O)(CC(=O)N[C@@H](Cc1ccccc1)C(=O)OCc1ccccc1)c1ccccc1. The van der Waals surface area contributed by atoms with Crippen LogP contribution in [0.3, 0.4) is 0 Å². The molecule has 2 amide bonds. The summed E-state index contributed by atoms with van der Waals surface area (Å²) >= 11 is 0. The molecule has 0 bridgehead atoms. The van der Waals surface area contributed by atoms with Gasteiger partial charge in [-0.05, 0) is 44.0 Å². The molecule has 0 radical (unpaired) electrons. The Labute approximate surface area is 223 Å². The molecule has 3 aromatic carbocycles. The lowest BCUT2D eigenvalue weighted by atomic mass is 10.1. The van der Waals surface area contributed by atoms with Crippen LogP contribution in [-0.2, 0) is 41.8 Å². The predicted molar refractivity (Wildman–Crippen MR) is 145 cm³/mol. The topological polar surface area (TPSA) is 111 Å². The fourth-order valence-electron chi connectivity index (χ4n) is 3.49. The maximum atomic E-state index is 13.9. The molecule has 200 valence electrons. The number of amides is 2. The van der Waals surface area contributed by atoms with Gasteiger partial charge in [0.1, 0.15) is 24.0 Å². The molecule has 2 atom stereocenters. The van der Waals surface area contributed by atoms with Crippen LogP contribution < -0.4 is 5.32 Å². The molecule has 0 spiro atoms. The van der Waals surface area contributed by atoms with Gasteiger partial charge in [-0.3, -0.25) is 4.79 Å². The molecular formula is C29H32N2O6S. The smallest absolute Gasteiger partial charge is 0.442 e. The highest BCUT2D eigenvalue weighted by molar-refractivity contribution is 7.94. The zero-order valence-corrected chi connectivity index (χ0v) is 22.5. The second kappa shape index (κ2) is 13.0. The van der Waals surface area contributed by atoms with Crippen LogP contribution in [0.15, 0.2) is 100 Å². The van der Waals surface area contributed by atoms with Crippen LogP contribution in [0, 0.1) is 0 Å². The summed E-state index contributed by atoms with van der Waals surface area (Å²) < 4.78 is 28.4. The van der Waals surface area contributed by atoms with Gasteiger partial charge in [0, 0.05) is 11.3 Å². The number of esters is 1. The molecule has 0 fully saturated rings. The lowest BCUT2D eigenvalue weighted by Gasteiger charge is -2.20. The van der Waals surface area contributed by atoms with E-state index in [4.69, 9.17) is 9.47 Å². The zero-order valence-electron chi connectivity index (χ0n) is 21.7. The second-order valence-electron chi connectivity index (χ2n) is 9.57. The van der Waals surface area contributed by atoms with Crippen molar-refractivity contribution in [2.45, 2.75) is 50.3 Å². The molecule has 0 heterocycles. The normalized spacial score (nSPS) is 13.4. The van der Waals surface area contributed by atoms with Gasteiger partial charge in [0.25, 0.3) is 0 Å². The van der Waals surface area contributed by atoms with Crippen molar-refractivity contribution in [3.8, 4) is 0 Å². The quantitative estimate of drug-likeness (QED) is 0.389. The fourth-order valence-corrected chi connectivity index (χ4v) is 5.12. The van der Waals surface area contributed by atoms with E-state index in [1.807, 2.05) is 60.7 Å². The van der Waals surface area contributed by atoms with Crippen LogP contribution in [0.1, 0.15) is 31.9 Å². The number of nitrogens with zero attached hydrogens (tertiary/aromatic N) is 1. The number of hydrogen-bond donors (Lipinski definition) is 1. The van der Waals surface area contributed by atoms with Gasteiger partial charge in [0.05, 0.1) is 9.73 Å². The lowest BCUT2D eigenvalue weighted by Crippen LogP contribution is -2.45. The second-order valence-corrected chi connectivity index (χ2v) is 11.8. The first kappa shape index (κ1) is 28.6. The van der Waals surface area contributed by atoms with E-state index in [1.54, 1.807) is 39.0 Å². The minimum Gasteiger partial charge on any atom is -0.459 e. The first-order chi connectivity index (χ1) is 18.0. The third-order valence-electron chi connectivity index (χ3n) is 5.18. The van der Waals surface area contributed by atoms with Crippen molar-refractivity contribution < 1.29 is 28.1 Å². The number of rotatable bonds is 9. The highest BCUT2D eigenvalue weighted by Crippen LogP contribution is 2.17. The molecule has 0 saturated carbocycles. The van der Waals surface area contributed by atoms with Crippen molar-refractivity contribution in [3.05, 3.63) is 102 Å². The van der Waals surface area contributed by atoms with E-state index in [1.165, 1.54) is 12.1 Å². The van der Waals surface area contributed by atoms with Gasteiger partial charge in [0.15, 0.2) is 0 Å². The lowest BCUT2D eigenvalue weighted by molar-refractivity contribution is -0.148. The molecule has 38 heavy (non-hydrogen) atoms. The van der Waals surface area contributed by atoms with Crippen molar-refractivity contribution in [1.82, 2.24) is 5.32 Å². The molecule has 0 aliphatic carbocycles. The molecule has 0 saturated heterocycles. The molecule has 0 aromatic heterocycles. The number of carbonyl (C=O) groups is 3. The van der Waals surface area contributed by atoms with Crippen molar-refractivity contribution in [3.63, 3.8) is 0 Å². The van der Waals surface area contributed by atoms with Gasteiger partial charge in [-0.1, -0.05) is 78.9 Å². The molecule has 3 aromatic rings. The minimum atomic E-state index is -3.55. The van der Waals surface area contributed by atoms with E-state index >= 15 is 0 Å². The van der Waals surface area contributed by atoms with Gasteiger partial charge in [-0.2, -0.15) is 0 Å². The van der Waals surface area contributed by atoms with Crippen LogP contribution in [0.2, 0.25) is 0 Å². The van der Waals surface area contributed by atoms with E-state index in [0.29, 0.717) is 0 Å². The summed E-state index contributed by atoms with van der Waals surface area (Å²) in [7, 11) is -3.55. The largest absolute Gasteiger partial charge is 0.459 e. The molecular weight excluding hydrogens is 504 g/mol. The third-order valence-corrected chi connectivity index (χ3v) is 7.29. The van der Waals surface area contributed by atoms with E-state index in [2.05, 4.69) is 9.68 Å². The summed E-state index contributed by atoms with van der Waals surface area (Å²) in [6.07, 6.45) is -0.877. The Morgan fingerprint density at radius 3 is 1.92 bits per heavy atom. The van der Waals surface area contributed by atoms with E-state index in [9.17, 15) is 18.6 Å². The first-order valence-electron chi connectivity index (χ1n) is 12.1. The molecule has 1 unspecified atom stereocenters. The van der Waals surface area contributed by atoms with Gasteiger partial charge in [-0.25, -0.2) is 13.8 Å². The fraction of sp³-hybridized carbons (Fsp3) is 0.276. The van der Waals surface area contributed by atoms with Gasteiger partial charge >= 0.3 is 12.1 Å². The molecule has 0 aliphatic rings. The van der Waals surface area contributed by atoms with Crippen LogP contribution in [0.25, 0.3) is 0 Å². The zero-order chi connectivity index (χ0) is 27.6. The Bertz CT molecular complexity index is 1350. The van der Waals surface area contributed by atoms with Gasteiger partial charge in [0.2, 0.25) is 5.91 Å². The summed E-state index contributed by atoms with van der Waals surface area (Å²) in [5.41, 5.74) is 0.744. The molecule has 1 N–H and O–H groups in total.